The molecule has 23 heavy (non-hydrogen) atoms. The van der Waals surface area contributed by atoms with Crippen molar-refractivity contribution >= 4 is 28.7 Å². The number of nitrogens with two attached hydrogens (primary N) is 1. The Morgan fingerprint density at radius 2 is 2.22 bits per heavy atom. The van der Waals surface area contributed by atoms with Crippen LogP contribution in [0.2, 0.25) is 0 Å². The lowest BCUT2D eigenvalue weighted by Crippen LogP contribution is -2.46. The highest BCUT2D eigenvalue weighted by molar-refractivity contribution is 5.95. The molecule has 1 aliphatic rings. The SMILES string of the molecule is Cc1nn(C)c2ncc(NC(=O)C3CCCN(C(N)=O)C3)cc12. The first kappa shape index (κ1) is 15.3. The van der Waals surface area contributed by atoms with Crippen molar-refractivity contribution in [2.75, 3.05) is 18.4 Å². The Balaban J connectivity index is 1.75. The van der Waals surface area contributed by atoms with Crippen molar-refractivity contribution in [2.24, 2.45) is 18.7 Å². The number of hydrogen-bond acceptors (Lipinski definition) is 4. The molecule has 2 aromatic heterocycles. The summed E-state index contributed by atoms with van der Waals surface area (Å²) >= 11 is 0. The van der Waals surface area contributed by atoms with Gasteiger partial charge in [0.25, 0.3) is 0 Å². The second-order valence-corrected chi connectivity index (χ2v) is 5.92. The highest BCUT2D eigenvalue weighted by Crippen LogP contribution is 2.22. The van der Waals surface area contributed by atoms with E-state index < -0.39 is 6.03 Å². The van der Waals surface area contributed by atoms with Crippen molar-refractivity contribution in [3.63, 3.8) is 0 Å². The molecule has 122 valence electrons. The lowest BCUT2D eigenvalue weighted by Gasteiger charge is -2.30. The predicted octanol–water partition coefficient (Wildman–Crippen LogP) is 1.01. The minimum absolute atomic E-state index is 0.112. The summed E-state index contributed by atoms with van der Waals surface area (Å²) in [7, 11) is 1.83. The predicted molar refractivity (Wildman–Crippen MR) is 85.8 cm³/mol. The van der Waals surface area contributed by atoms with Gasteiger partial charge in [-0.15, -0.1) is 0 Å². The Morgan fingerprint density at radius 1 is 1.43 bits per heavy atom. The molecular weight excluding hydrogens is 296 g/mol. The summed E-state index contributed by atoms with van der Waals surface area (Å²) in [5.41, 5.74) is 7.57. The number of likely N-dealkylation sites (tertiary alicyclic amines) is 1. The molecule has 1 aliphatic heterocycles. The summed E-state index contributed by atoms with van der Waals surface area (Å²) in [5.74, 6) is -0.361. The number of rotatable bonds is 2. The molecular formula is C15H20N6O2. The molecule has 0 saturated carbocycles. The lowest BCUT2D eigenvalue weighted by atomic mass is 9.97. The van der Waals surface area contributed by atoms with E-state index in [2.05, 4.69) is 15.4 Å². The van der Waals surface area contributed by atoms with Crippen molar-refractivity contribution in [3.05, 3.63) is 18.0 Å². The Morgan fingerprint density at radius 3 is 2.96 bits per heavy atom. The number of pyridine rings is 1. The largest absolute Gasteiger partial charge is 0.351 e. The van der Waals surface area contributed by atoms with Gasteiger partial charge in [0.15, 0.2) is 5.65 Å². The molecule has 3 heterocycles. The number of anilines is 1. The van der Waals surface area contributed by atoms with Crippen molar-refractivity contribution in [1.82, 2.24) is 19.7 Å². The number of amides is 3. The number of nitrogens with zero attached hydrogens (tertiary/aromatic N) is 4. The van der Waals surface area contributed by atoms with Crippen LogP contribution in [0.3, 0.4) is 0 Å². The molecule has 3 N–H and O–H groups in total. The molecule has 1 fully saturated rings. The van der Waals surface area contributed by atoms with Crippen molar-refractivity contribution < 1.29 is 9.59 Å². The van der Waals surface area contributed by atoms with E-state index in [4.69, 9.17) is 5.73 Å². The summed E-state index contributed by atoms with van der Waals surface area (Å²) in [4.78, 5) is 29.5. The van der Waals surface area contributed by atoms with Crippen LogP contribution in [0.15, 0.2) is 12.3 Å². The van der Waals surface area contributed by atoms with Gasteiger partial charge in [0, 0.05) is 25.5 Å². The van der Waals surface area contributed by atoms with Crippen LogP contribution in [0.4, 0.5) is 10.5 Å². The summed E-state index contributed by atoms with van der Waals surface area (Å²) in [6, 6.07) is 1.40. The molecule has 0 aliphatic carbocycles. The van der Waals surface area contributed by atoms with Crippen molar-refractivity contribution in [2.45, 2.75) is 19.8 Å². The Bertz CT molecular complexity index is 769. The highest BCUT2D eigenvalue weighted by atomic mass is 16.2. The molecule has 0 aromatic carbocycles. The van der Waals surface area contributed by atoms with Gasteiger partial charge in [-0.25, -0.2) is 9.78 Å². The Kier molecular flexibility index (Phi) is 3.89. The van der Waals surface area contributed by atoms with E-state index >= 15 is 0 Å². The number of primary amides is 1. The first-order valence-corrected chi connectivity index (χ1v) is 7.60. The monoisotopic (exact) mass is 316 g/mol. The number of aryl methyl sites for hydroxylation is 2. The highest BCUT2D eigenvalue weighted by Gasteiger charge is 2.27. The van der Waals surface area contributed by atoms with Crippen LogP contribution in [-0.2, 0) is 11.8 Å². The number of urea groups is 1. The summed E-state index contributed by atoms with van der Waals surface area (Å²) < 4.78 is 1.71. The van der Waals surface area contributed by atoms with Gasteiger partial charge in [-0.05, 0) is 25.8 Å². The summed E-state index contributed by atoms with van der Waals surface area (Å²) in [6.07, 6.45) is 3.15. The van der Waals surface area contributed by atoms with Gasteiger partial charge in [0.2, 0.25) is 5.91 Å². The minimum Gasteiger partial charge on any atom is -0.351 e. The molecule has 8 heteroatoms. The maximum Gasteiger partial charge on any atom is 0.314 e. The summed E-state index contributed by atoms with van der Waals surface area (Å²) in [6.45, 7) is 2.88. The van der Waals surface area contributed by atoms with E-state index in [1.54, 1.807) is 10.9 Å². The first-order chi connectivity index (χ1) is 11.0. The molecule has 0 radical (unpaired) electrons. The molecule has 3 amide bonds. The molecule has 8 nitrogen and oxygen atoms in total. The normalized spacial score (nSPS) is 18.2. The van der Waals surface area contributed by atoms with Gasteiger partial charge < -0.3 is 16.0 Å². The molecule has 1 unspecified atom stereocenters. The van der Waals surface area contributed by atoms with Crippen LogP contribution < -0.4 is 11.1 Å². The Labute approximate surface area is 133 Å². The second kappa shape index (κ2) is 5.86. The van der Waals surface area contributed by atoms with Gasteiger partial charge in [-0.2, -0.15) is 5.10 Å². The summed E-state index contributed by atoms with van der Waals surface area (Å²) in [5, 5.41) is 8.11. The number of carbonyl (C=O) groups excluding carboxylic acids is 2. The third kappa shape index (κ3) is 2.96. The van der Waals surface area contributed by atoms with Crippen LogP contribution in [-0.4, -0.2) is 44.7 Å². The molecule has 0 spiro atoms. The van der Waals surface area contributed by atoms with Crippen LogP contribution in [0.5, 0.6) is 0 Å². The number of carbonyl (C=O) groups is 2. The van der Waals surface area contributed by atoms with E-state index in [0.717, 1.165) is 29.6 Å². The maximum atomic E-state index is 12.4. The number of piperidine rings is 1. The fourth-order valence-electron chi connectivity index (χ4n) is 3.01. The van der Waals surface area contributed by atoms with Gasteiger partial charge in [0.05, 0.1) is 23.5 Å². The maximum absolute atomic E-state index is 12.4. The standard InChI is InChI=1S/C15H20N6O2/c1-9-12-6-11(7-17-13(12)20(2)19-9)18-14(22)10-4-3-5-21(8-10)15(16)23/h6-7,10H,3-5,8H2,1-2H3,(H2,16,23)(H,18,22). The molecule has 3 rings (SSSR count). The molecule has 2 aromatic rings. The van der Waals surface area contributed by atoms with E-state index in [1.165, 1.54) is 4.90 Å². The zero-order valence-corrected chi connectivity index (χ0v) is 13.2. The van der Waals surface area contributed by atoms with Gasteiger partial charge in [0.1, 0.15) is 0 Å². The number of aromatic nitrogens is 3. The molecule has 0 bridgehead atoms. The van der Waals surface area contributed by atoms with E-state index in [9.17, 15) is 9.59 Å². The van der Waals surface area contributed by atoms with Crippen LogP contribution in [0.25, 0.3) is 11.0 Å². The van der Waals surface area contributed by atoms with Crippen LogP contribution in [0.1, 0.15) is 18.5 Å². The van der Waals surface area contributed by atoms with E-state index in [-0.39, 0.29) is 11.8 Å². The zero-order chi connectivity index (χ0) is 16.6. The van der Waals surface area contributed by atoms with E-state index in [0.29, 0.717) is 18.8 Å². The third-order valence-electron chi connectivity index (χ3n) is 4.23. The lowest BCUT2D eigenvalue weighted by molar-refractivity contribution is -0.121. The topological polar surface area (TPSA) is 106 Å². The van der Waals surface area contributed by atoms with Crippen molar-refractivity contribution in [1.29, 1.82) is 0 Å². The van der Waals surface area contributed by atoms with Crippen molar-refractivity contribution in [3.8, 4) is 0 Å². The average Bonchev–Trinajstić information content (AvgIpc) is 2.81. The quantitative estimate of drug-likeness (QED) is 0.862. The molecule has 1 atom stereocenters. The van der Waals surface area contributed by atoms with E-state index in [1.807, 2.05) is 20.0 Å². The fourth-order valence-corrected chi connectivity index (χ4v) is 3.01. The zero-order valence-electron chi connectivity index (χ0n) is 13.2. The molecule has 1 saturated heterocycles. The number of hydrogen-bond donors (Lipinski definition) is 2. The first-order valence-electron chi connectivity index (χ1n) is 7.60. The third-order valence-corrected chi connectivity index (χ3v) is 4.23. The van der Waals surface area contributed by atoms with Crippen LogP contribution >= 0.6 is 0 Å². The van der Waals surface area contributed by atoms with Gasteiger partial charge in [-0.3, -0.25) is 9.48 Å². The number of nitrogens with one attached hydrogen (secondary N) is 1. The second-order valence-electron chi connectivity index (χ2n) is 5.92. The van der Waals surface area contributed by atoms with Gasteiger partial charge >= 0.3 is 6.03 Å². The number of fused-ring (bicyclic) bond motifs is 1. The fraction of sp³-hybridized carbons (Fsp3) is 0.467. The smallest absolute Gasteiger partial charge is 0.314 e. The Hall–Kier alpha value is -2.64. The van der Waals surface area contributed by atoms with Gasteiger partial charge in [-0.1, -0.05) is 0 Å². The minimum atomic E-state index is -0.475. The van der Waals surface area contributed by atoms with Crippen LogP contribution in [0, 0.1) is 12.8 Å². The average molecular weight is 316 g/mol.